The van der Waals surface area contributed by atoms with E-state index in [1.807, 2.05) is 24.0 Å². The van der Waals surface area contributed by atoms with Crippen LogP contribution in [-0.2, 0) is 4.74 Å². The molecule has 0 aliphatic carbocycles. The summed E-state index contributed by atoms with van der Waals surface area (Å²) in [5, 5.41) is 3.04. The second kappa shape index (κ2) is 10.1. The number of hydrogen-bond acceptors (Lipinski definition) is 5. The first-order valence-electron chi connectivity index (χ1n) is 11.3. The van der Waals surface area contributed by atoms with Gasteiger partial charge in [-0.1, -0.05) is 30.3 Å². The topological polar surface area (TPSA) is 60.9 Å². The highest BCUT2D eigenvalue weighted by Crippen LogP contribution is 2.27. The molecule has 0 unspecified atom stereocenters. The number of urea groups is 1. The van der Waals surface area contributed by atoms with E-state index in [0.29, 0.717) is 12.6 Å². The monoisotopic (exact) mass is 423 g/mol. The Hall–Kier alpha value is -2.64. The normalized spacial score (nSPS) is 20.5. The van der Waals surface area contributed by atoms with Crippen molar-refractivity contribution in [3.05, 3.63) is 54.2 Å². The van der Waals surface area contributed by atoms with Crippen molar-refractivity contribution in [2.75, 3.05) is 56.2 Å². The van der Waals surface area contributed by atoms with Gasteiger partial charge >= 0.3 is 6.03 Å². The molecule has 7 nitrogen and oxygen atoms in total. The Morgan fingerprint density at radius 1 is 1.19 bits per heavy atom. The van der Waals surface area contributed by atoms with Gasteiger partial charge in [-0.25, -0.2) is 9.78 Å². The number of amides is 2. The highest BCUT2D eigenvalue weighted by molar-refractivity contribution is 5.89. The number of carbonyl (C=O) groups is 1. The third-order valence-electron chi connectivity index (χ3n) is 6.40. The summed E-state index contributed by atoms with van der Waals surface area (Å²) in [5.74, 6) is 0.926. The summed E-state index contributed by atoms with van der Waals surface area (Å²) in [6, 6.07) is 15.0. The Kier molecular flexibility index (Phi) is 7.04. The maximum atomic E-state index is 13.0. The average Bonchev–Trinajstić information content (AvgIpc) is 3.30. The third kappa shape index (κ3) is 5.17. The van der Waals surface area contributed by atoms with Crippen molar-refractivity contribution in [3.8, 4) is 0 Å². The maximum Gasteiger partial charge on any atom is 0.322 e. The van der Waals surface area contributed by atoms with Gasteiger partial charge in [0.2, 0.25) is 0 Å². The van der Waals surface area contributed by atoms with Crippen LogP contribution in [0.3, 0.4) is 0 Å². The van der Waals surface area contributed by atoms with Crippen LogP contribution in [0.1, 0.15) is 31.9 Å². The van der Waals surface area contributed by atoms with Gasteiger partial charge in [0.15, 0.2) is 0 Å². The second-order valence-electron chi connectivity index (χ2n) is 8.24. The molecule has 31 heavy (non-hydrogen) atoms. The van der Waals surface area contributed by atoms with E-state index in [1.165, 1.54) is 5.56 Å². The first-order chi connectivity index (χ1) is 15.2. The first kappa shape index (κ1) is 21.6. The van der Waals surface area contributed by atoms with Gasteiger partial charge in [0.1, 0.15) is 5.82 Å². The number of likely N-dealkylation sites (tertiary alicyclic amines) is 1. The minimum absolute atomic E-state index is 0.0531. The van der Waals surface area contributed by atoms with Gasteiger partial charge < -0.3 is 19.9 Å². The molecule has 7 heteroatoms. The maximum absolute atomic E-state index is 13.0. The van der Waals surface area contributed by atoms with E-state index < -0.39 is 0 Å². The van der Waals surface area contributed by atoms with Gasteiger partial charge in [0.25, 0.3) is 0 Å². The van der Waals surface area contributed by atoms with Gasteiger partial charge in [-0.3, -0.25) is 4.90 Å². The van der Waals surface area contributed by atoms with E-state index in [1.54, 1.807) is 6.20 Å². The van der Waals surface area contributed by atoms with Crippen molar-refractivity contribution in [2.24, 2.45) is 0 Å². The third-order valence-corrected chi connectivity index (χ3v) is 6.40. The number of pyridine rings is 1. The minimum atomic E-state index is -0.0531. The summed E-state index contributed by atoms with van der Waals surface area (Å²) in [4.78, 5) is 24.2. The summed E-state index contributed by atoms with van der Waals surface area (Å²) in [5.41, 5.74) is 2.05. The van der Waals surface area contributed by atoms with E-state index >= 15 is 0 Å². The lowest BCUT2D eigenvalue weighted by Gasteiger charge is -2.30. The molecule has 2 atom stereocenters. The highest BCUT2D eigenvalue weighted by Gasteiger charge is 2.32. The zero-order valence-corrected chi connectivity index (χ0v) is 18.5. The van der Waals surface area contributed by atoms with Gasteiger partial charge in [0, 0.05) is 44.8 Å². The molecule has 0 radical (unpaired) electrons. The smallest absolute Gasteiger partial charge is 0.322 e. The summed E-state index contributed by atoms with van der Waals surface area (Å²) < 4.78 is 5.40. The van der Waals surface area contributed by atoms with Crippen LogP contribution < -0.4 is 10.2 Å². The summed E-state index contributed by atoms with van der Waals surface area (Å²) in [7, 11) is 0. The lowest BCUT2D eigenvalue weighted by atomic mass is 10.1. The summed E-state index contributed by atoms with van der Waals surface area (Å²) in [6.07, 6.45) is 2.74. The van der Waals surface area contributed by atoms with Gasteiger partial charge in [-0.15, -0.1) is 0 Å². The van der Waals surface area contributed by atoms with Gasteiger partial charge in [0.05, 0.1) is 25.1 Å². The number of nitrogens with zero attached hydrogens (tertiary/aromatic N) is 4. The molecule has 2 saturated heterocycles. The molecule has 0 saturated carbocycles. The number of aromatic nitrogens is 1. The van der Waals surface area contributed by atoms with E-state index in [2.05, 4.69) is 57.4 Å². The van der Waals surface area contributed by atoms with Crippen molar-refractivity contribution in [1.82, 2.24) is 14.8 Å². The van der Waals surface area contributed by atoms with E-state index in [4.69, 9.17) is 4.74 Å². The Morgan fingerprint density at radius 2 is 1.97 bits per heavy atom. The van der Waals surface area contributed by atoms with Crippen LogP contribution >= 0.6 is 0 Å². The average molecular weight is 424 g/mol. The molecule has 166 valence electrons. The van der Waals surface area contributed by atoms with E-state index in [9.17, 15) is 4.79 Å². The number of hydrogen-bond donors (Lipinski definition) is 1. The zero-order valence-electron chi connectivity index (χ0n) is 18.5. The van der Waals surface area contributed by atoms with Crippen molar-refractivity contribution in [1.29, 1.82) is 0 Å². The Balaban J connectivity index is 1.34. The number of anilines is 2. The van der Waals surface area contributed by atoms with Crippen LogP contribution in [0.2, 0.25) is 0 Å². The fraction of sp³-hybridized carbons (Fsp3) is 0.500. The van der Waals surface area contributed by atoms with E-state index in [-0.39, 0.29) is 12.1 Å². The van der Waals surface area contributed by atoms with Crippen molar-refractivity contribution in [2.45, 2.75) is 32.4 Å². The highest BCUT2D eigenvalue weighted by atomic mass is 16.5. The minimum Gasteiger partial charge on any atom is -0.378 e. The molecule has 2 amide bonds. The zero-order chi connectivity index (χ0) is 21.6. The SMILES string of the molecule is CCN(C(=O)Nc1ccc(N2CCOCC2)nc1)[C@@H]1CCN([C@@H](C)c2ccccc2)C1. The molecule has 4 rings (SSSR count). The van der Waals surface area contributed by atoms with Crippen molar-refractivity contribution < 1.29 is 9.53 Å². The number of rotatable bonds is 6. The Bertz CT molecular complexity index is 839. The molecule has 1 N–H and O–H groups in total. The van der Waals surface area contributed by atoms with Crippen LogP contribution in [0.4, 0.5) is 16.3 Å². The molecule has 2 aliphatic rings. The summed E-state index contributed by atoms with van der Waals surface area (Å²) in [6.45, 7) is 10.0. The molecular weight excluding hydrogens is 390 g/mol. The molecule has 0 spiro atoms. The van der Waals surface area contributed by atoms with Crippen LogP contribution in [0.25, 0.3) is 0 Å². The molecule has 1 aromatic carbocycles. The number of morpholine rings is 1. The van der Waals surface area contributed by atoms with Crippen molar-refractivity contribution in [3.63, 3.8) is 0 Å². The first-order valence-corrected chi connectivity index (χ1v) is 11.3. The lowest BCUT2D eigenvalue weighted by molar-refractivity contribution is 0.122. The van der Waals surface area contributed by atoms with Crippen molar-refractivity contribution >= 4 is 17.5 Å². The quantitative estimate of drug-likeness (QED) is 0.769. The Morgan fingerprint density at radius 3 is 2.65 bits per heavy atom. The molecule has 2 aromatic rings. The summed E-state index contributed by atoms with van der Waals surface area (Å²) >= 11 is 0. The van der Waals surface area contributed by atoms with Crippen LogP contribution in [0, 0.1) is 0 Å². The second-order valence-corrected chi connectivity index (χ2v) is 8.24. The number of likely N-dealkylation sites (N-methyl/N-ethyl adjacent to an activating group) is 1. The number of carbonyl (C=O) groups excluding carboxylic acids is 1. The molecule has 2 fully saturated rings. The van der Waals surface area contributed by atoms with E-state index in [0.717, 1.165) is 57.3 Å². The fourth-order valence-electron chi connectivity index (χ4n) is 4.52. The molecule has 2 aliphatic heterocycles. The predicted molar refractivity (Wildman–Crippen MR) is 124 cm³/mol. The van der Waals surface area contributed by atoms with Gasteiger partial charge in [-0.05, 0) is 38.0 Å². The van der Waals surface area contributed by atoms with Gasteiger partial charge in [-0.2, -0.15) is 0 Å². The molecule has 3 heterocycles. The standard InChI is InChI=1S/C24H33N5O2/c1-3-29(22-11-12-28(18-22)19(2)20-7-5-4-6-8-20)24(30)26-21-9-10-23(25-17-21)27-13-15-31-16-14-27/h4-10,17,19,22H,3,11-16,18H2,1-2H3,(H,26,30)/t19-,22+/m0/s1. The largest absolute Gasteiger partial charge is 0.378 e. The molecular formula is C24H33N5O2. The van der Waals surface area contributed by atoms with Crippen LogP contribution in [0.5, 0.6) is 0 Å². The molecule has 0 bridgehead atoms. The number of nitrogens with one attached hydrogen (secondary N) is 1. The predicted octanol–water partition coefficient (Wildman–Crippen LogP) is 3.61. The Labute approximate surface area is 185 Å². The fourth-order valence-corrected chi connectivity index (χ4v) is 4.52. The van der Waals surface area contributed by atoms with Crippen LogP contribution in [0.15, 0.2) is 48.7 Å². The molecule has 1 aromatic heterocycles. The van der Waals surface area contributed by atoms with Crippen LogP contribution in [-0.4, -0.2) is 72.8 Å². The number of ether oxygens (including phenoxy) is 1. The lowest BCUT2D eigenvalue weighted by Crippen LogP contribution is -2.44. The number of benzene rings is 1.